The van der Waals surface area contributed by atoms with E-state index in [9.17, 15) is 26.4 Å². The Bertz CT molecular complexity index is 1210. The van der Waals surface area contributed by atoms with Gasteiger partial charge in [-0.2, -0.15) is 17.5 Å². The van der Waals surface area contributed by atoms with Crippen molar-refractivity contribution in [3.05, 3.63) is 90.0 Å². The summed E-state index contributed by atoms with van der Waals surface area (Å²) in [5.41, 5.74) is -0.365. The minimum Gasteiger partial charge on any atom is -0.494 e. The average Bonchev–Trinajstić information content (AvgIpc) is 2.79. The fourth-order valence-corrected chi connectivity index (χ4v) is 4.55. The predicted molar refractivity (Wildman–Crippen MR) is 122 cm³/mol. The minimum absolute atomic E-state index is 0.0428. The second-order valence-corrected chi connectivity index (χ2v) is 9.23. The van der Waals surface area contributed by atoms with Gasteiger partial charge in [0.05, 0.1) is 23.6 Å². The van der Waals surface area contributed by atoms with Gasteiger partial charge in [0.1, 0.15) is 5.75 Å². The number of nitrogens with one attached hydrogen (secondary N) is 1. The number of benzene rings is 3. The number of hydrogen-bond acceptors (Lipinski definition) is 4. The quantitative estimate of drug-likeness (QED) is 0.460. The van der Waals surface area contributed by atoms with Crippen molar-refractivity contribution in [2.24, 2.45) is 0 Å². The van der Waals surface area contributed by atoms with Gasteiger partial charge in [-0.1, -0.05) is 36.4 Å². The molecule has 3 aromatic rings. The van der Waals surface area contributed by atoms with Crippen LogP contribution in [0.15, 0.2) is 83.8 Å². The third kappa shape index (κ3) is 6.58. The van der Waals surface area contributed by atoms with Crippen LogP contribution in [-0.2, 0) is 27.5 Å². The molecule has 34 heavy (non-hydrogen) atoms. The molecule has 0 saturated heterocycles. The molecule has 0 fully saturated rings. The predicted octanol–water partition coefficient (Wildman–Crippen LogP) is 4.93. The first-order valence-electron chi connectivity index (χ1n) is 10.3. The standard InChI is InChI=1S/C24H23F3N2O4S/c1-2-33-21-11-13-22(14-12-21)34(31,32)29(16-18-7-4-3-5-8-18)17-23(30)28-20-10-6-9-19(15-20)24(25,26)27/h3-15H,2,16-17H2,1H3,(H,28,30). The van der Waals surface area contributed by atoms with Crippen LogP contribution >= 0.6 is 0 Å². The van der Waals surface area contributed by atoms with Crippen LogP contribution in [-0.4, -0.2) is 31.8 Å². The van der Waals surface area contributed by atoms with Gasteiger partial charge in [0.15, 0.2) is 0 Å². The van der Waals surface area contributed by atoms with Gasteiger partial charge < -0.3 is 10.1 Å². The SMILES string of the molecule is CCOc1ccc(S(=O)(=O)N(CC(=O)Nc2cccc(C(F)(F)F)c2)Cc2ccccc2)cc1. The lowest BCUT2D eigenvalue weighted by Gasteiger charge is -2.22. The van der Waals surface area contributed by atoms with Crippen molar-refractivity contribution in [3.8, 4) is 5.75 Å². The number of hydrogen-bond donors (Lipinski definition) is 1. The molecule has 0 heterocycles. The number of rotatable bonds is 9. The van der Waals surface area contributed by atoms with Crippen molar-refractivity contribution < 1.29 is 31.1 Å². The van der Waals surface area contributed by atoms with Crippen molar-refractivity contribution in [2.45, 2.75) is 24.5 Å². The summed E-state index contributed by atoms with van der Waals surface area (Å²) in [7, 11) is -4.11. The molecular weight excluding hydrogens is 469 g/mol. The molecule has 0 atom stereocenters. The van der Waals surface area contributed by atoms with Gasteiger partial charge >= 0.3 is 6.18 Å². The van der Waals surface area contributed by atoms with Crippen molar-refractivity contribution in [3.63, 3.8) is 0 Å². The molecule has 0 spiro atoms. The van der Waals surface area contributed by atoms with E-state index in [0.717, 1.165) is 22.5 Å². The molecule has 1 amide bonds. The Labute approximate surface area is 196 Å². The Balaban J connectivity index is 1.85. The highest BCUT2D eigenvalue weighted by Crippen LogP contribution is 2.30. The zero-order valence-electron chi connectivity index (χ0n) is 18.2. The molecule has 180 valence electrons. The van der Waals surface area contributed by atoms with Gasteiger partial charge in [0, 0.05) is 12.2 Å². The van der Waals surface area contributed by atoms with Crippen LogP contribution in [0, 0.1) is 0 Å². The zero-order chi connectivity index (χ0) is 24.8. The third-order valence-electron chi connectivity index (χ3n) is 4.77. The molecule has 0 aliphatic carbocycles. The van der Waals surface area contributed by atoms with Gasteiger partial charge in [-0.3, -0.25) is 4.79 Å². The van der Waals surface area contributed by atoms with Crippen molar-refractivity contribution >= 4 is 21.6 Å². The molecule has 3 rings (SSSR count). The Morgan fingerprint density at radius 3 is 2.26 bits per heavy atom. The highest BCUT2D eigenvalue weighted by Gasteiger charge is 2.31. The molecule has 10 heteroatoms. The molecule has 1 N–H and O–H groups in total. The Morgan fingerprint density at radius 1 is 0.971 bits per heavy atom. The summed E-state index contributed by atoms with van der Waals surface area (Å²) in [5, 5.41) is 2.36. The maximum absolute atomic E-state index is 13.3. The van der Waals surface area contributed by atoms with Gasteiger partial charge in [0.2, 0.25) is 15.9 Å². The number of sulfonamides is 1. The van der Waals surface area contributed by atoms with Crippen LogP contribution in [0.4, 0.5) is 18.9 Å². The lowest BCUT2D eigenvalue weighted by molar-refractivity contribution is -0.137. The highest BCUT2D eigenvalue weighted by atomic mass is 32.2. The topological polar surface area (TPSA) is 75.7 Å². The number of carbonyl (C=O) groups is 1. The van der Waals surface area contributed by atoms with E-state index in [1.807, 2.05) is 0 Å². The van der Waals surface area contributed by atoms with E-state index >= 15 is 0 Å². The number of ether oxygens (including phenoxy) is 1. The summed E-state index contributed by atoms with van der Waals surface area (Å²) in [4.78, 5) is 12.6. The molecule has 0 unspecified atom stereocenters. The summed E-state index contributed by atoms with van der Waals surface area (Å²) in [6.07, 6.45) is -4.57. The largest absolute Gasteiger partial charge is 0.494 e. The smallest absolute Gasteiger partial charge is 0.416 e. The second kappa shape index (κ2) is 10.7. The van der Waals surface area contributed by atoms with Gasteiger partial charge in [-0.15, -0.1) is 0 Å². The van der Waals surface area contributed by atoms with E-state index < -0.39 is 34.2 Å². The van der Waals surface area contributed by atoms with E-state index in [1.165, 1.54) is 30.3 Å². The Morgan fingerprint density at radius 2 is 1.65 bits per heavy atom. The number of amides is 1. The minimum atomic E-state index is -4.57. The fraction of sp³-hybridized carbons (Fsp3) is 0.208. The first-order valence-corrected chi connectivity index (χ1v) is 11.8. The fourth-order valence-electron chi connectivity index (χ4n) is 3.17. The number of halogens is 3. The van der Waals surface area contributed by atoms with E-state index in [1.54, 1.807) is 37.3 Å². The van der Waals surface area contributed by atoms with E-state index in [-0.39, 0.29) is 17.1 Å². The van der Waals surface area contributed by atoms with Crippen LogP contribution in [0.25, 0.3) is 0 Å². The lowest BCUT2D eigenvalue weighted by Crippen LogP contribution is -2.37. The number of carbonyl (C=O) groups excluding carboxylic acids is 1. The van der Waals surface area contributed by atoms with Crippen LogP contribution in [0.5, 0.6) is 5.75 Å². The molecule has 0 saturated carbocycles. The van der Waals surface area contributed by atoms with Gasteiger partial charge in [-0.05, 0) is 55.0 Å². The van der Waals surface area contributed by atoms with Crippen LogP contribution < -0.4 is 10.1 Å². The normalized spacial score (nSPS) is 11.9. The maximum Gasteiger partial charge on any atom is 0.416 e. The van der Waals surface area contributed by atoms with E-state index in [0.29, 0.717) is 17.9 Å². The molecule has 0 aliphatic rings. The molecule has 0 aliphatic heterocycles. The average molecular weight is 493 g/mol. The van der Waals surface area contributed by atoms with Gasteiger partial charge in [0.25, 0.3) is 0 Å². The molecule has 6 nitrogen and oxygen atoms in total. The Hall–Kier alpha value is -3.37. The number of alkyl halides is 3. The van der Waals surface area contributed by atoms with Gasteiger partial charge in [-0.25, -0.2) is 8.42 Å². The summed E-state index contributed by atoms with van der Waals surface area (Å²) in [6.45, 7) is 1.52. The van der Waals surface area contributed by atoms with Crippen LogP contribution in [0.3, 0.4) is 0 Å². The van der Waals surface area contributed by atoms with Crippen molar-refractivity contribution in [1.29, 1.82) is 0 Å². The van der Waals surface area contributed by atoms with Crippen molar-refractivity contribution in [2.75, 3.05) is 18.5 Å². The molecule has 0 bridgehead atoms. The van der Waals surface area contributed by atoms with Crippen LogP contribution in [0.2, 0.25) is 0 Å². The third-order valence-corrected chi connectivity index (χ3v) is 6.57. The monoisotopic (exact) mass is 492 g/mol. The molecule has 3 aromatic carbocycles. The molecule has 0 radical (unpaired) electrons. The first-order chi connectivity index (χ1) is 16.1. The van der Waals surface area contributed by atoms with Crippen LogP contribution in [0.1, 0.15) is 18.1 Å². The van der Waals surface area contributed by atoms with Crippen molar-refractivity contribution in [1.82, 2.24) is 4.31 Å². The molecule has 0 aromatic heterocycles. The maximum atomic E-state index is 13.3. The summed E-state index contributed by atoms with van der Waals surface area (Å²) in [6, 6.07) is 18.6. The second-order valence-electron chi connectivity index (χ2n) is 7.29. The zero-order valence-corrected chi connectivity index (χ0v) is 19.1. The molecular formula is C24H23F3N2O4S. The summed E-state index contributed by atoms with van der Waals surface area (Å²) >= 11 is 0. The van der Waals surface area contributed by atoms with E-state index in [4.69, 9.17) is 4.74 Å². The lowest BCUT2D eigenvalue weighted by atomic mass is 10.2. The Kier molecular flexibility index (Phi) is 7.95. The van der Waals surface area contributed by atoms with E-state index in [2.05, 4.69) is 5.32 Å². The first kappa shape index (κ1) is 25.3. The summed E-state index contributed by atoms with van der Waals surface area (Å²) in [5.74, 6) is -0.275. The number of nitrogens with zero attached hydrogens (tertiary/aromatic N) is 1. The highest BCUT2D eigenvalue weighted by molar-refractivity contribution is 7.89. The summed E-state index contributed by atoms with van der Waals surface area (Å²) < 4.78 is 71.9. The number of anilines is 1.